The molecule has 2 aliphatic rings. The smallest absolute Gasteiger partial charge is 0.422 e. The van der Waals surface area contributed by atoms with Gasteiger partial charge in [-0.05, 0) is 37.9 Å². The number of nitrogens with zero attached hydrogens (tertiary/aromatic N) is 1. The van der Waals surface area contributed by atoms with Gasteiger partial charge in [0.15, 0.2) is 6.61 Å². The van der Waals surface area contributed by atoms with Gasteiger partial charge in [0.2, 0.25) is 0 Å². The minimum absolute atomic E-state index is 0.270. The summed E-state index contributed by atoms with van der Waals surface area (Å²) in [6.45, 7) is 0.939. The summed E-state index contributed by atoms with van der Waals surface area (Å²) in [7, 11) is 0. The van der Waals surface area contributed by atoms with Crippen LogP contribution < -0.4 is 10.1 Å². The topological polar surface area (TPSA) is 24.5 Å². The average Bonchev–Trinajstić information content (AvgIpc) is 3.02. The van der Waals surface area contributed by atoms with Crippen molar-refractivity contribution in [1.29, 1.82) is 0 Å². The summed E-state index contributed by atoms with van der Waals surface area (Å²) >= 11 is 0. The molecule has 2 saturated heterocycles. The Morgan fingerprint density at radius 3 is 2.81 bits per heavy atom. The first-order chi connectivity index (χ1) is 10.0. The summed E-state index contributed by atoms with van der Waals surface area (Å²) in [5, 5.41) is 3.38. The van der Waals surface area contributed by atoms with Gasteiger partial charge in [-0.25, -0.2) is 0 Å². The van der Waals surface area contributed by atoms with Crippen LogP contribution in [0.15, 0.2) is 24.3 Å². The third kappa shape index (κ3) is 3.43. The fourth-order valence-corrected chi connectivity index (χ4v) is 3.32. The molecule has 0 bridgehead atoms. The van der Waals surface area contributed by atoms with Crippen LogP contribution in [0, 0.1) is 0 Å². The van der Waals surface area contributed by atoms with E-state index in [4.69, 9.17) is 4.74 Å². The quantitative estimate of drug-likeness (QED) is 0.923. The van der Waals surface area contributed by atoms with Gasteiger partial charge in [0, 0.05) is 18.6 Å². The van der Waals surface area contributed by atoms with E-state index in [1.807, 2.05) is 6.07 Å². The maximum Gasteiger partial charge on any atom is 0.422 e. The fraction of sp³-hybridized carbons (Fsp3) is 0.600. The lowest BCUT2D eigenvalue weighted by Gasteiger charge is -2.23. The van der Waals surface area contributed by atoms with Crippen molar-refractivity contribution in [3.8, 4) is 5.75 Å². The zero-order valence-electron chi connectivity index (χ0n) is 11.7. The molecule has 3 rings (SSSR count). The van der Waals surface area contributed by atoms with Crippen molar-refractivity contribution in [2.75, 3.05) is 25.0 Å². The zero-order valence-corrected chi connectivity index (χ0v) is 11.7. The molecule has 1 N–H and O–H groups in total. The van der Waals surface area contributed by atoms with Crippen molar-refractivity contribution >= 4 is 5.69 Å². The molecule has 2 atom stereocenters. The number of alkyl halides is 3. The SMILES string of the molecule is FC(F)(F)COc1ccccc1NC1CCN2CCCC12. The van der Waals surface area contributed by atoms with Crippen molar-refractivity contribution in [1.82, 2.24) is 4.90 Å². The first-order valence-corrected chi connectivity index (χ1v) is 7.32. The molecule has 2 unspecified atom stereocenters. The second-order valence-electron chi connectivity index (χ2n) is 5.69. The van der Waals surface area contributed by atoms with Crippen molar-refractivity contribution < 1.29 is 17.9 Å². The number of benzene rings is 1. The van der Waals surface area contributed by atoms with Crippen molar-refractivity contribution in [3.63, 3.8) is 0 Å². The Kier molecular flexibility index (Phi) is 3.97. The normalized spacial score (nSPS) is 25.9. The van der Waals surface area contributed by atoms with E-state index in [1.54, 1.807) is 18.2 Å². The van der Waals surface area contributed by atoms with Gasteiger partial charge in [-0.3, -0.25) is 4.90 Å². The average molecular weight is 300 g/mol. The highest BCUT2D eigenvalue weighted by Crippen LogP contribution is 2.33. The summed E-state index contributed by atoms with van der Waals surface area (Å²) in [5.41, 5.74) is 0.653. The van der Waals surface area contributed by atoms with E-state index < -0.39 is 12.8 Å². The Hall–Kier alpha value is -1.43. The summed E-state index contributed by atoms with van der Waals surface area (Å²) in [6.07, 6.45) is -0.931. The Morgan fingerprint density at radius 1 is 1.19 bits per heavy atom. The fourth-order valence-electron chi connectivity index (χ4n) is 3.32. The number of anilines is 1. The molecule has 0 aromatic heterocycles. The standard InChI is InChI=1S/C15H19F3N2O/c16-15(17,18)10-21-14-6-2-1-4-12(14)19-11-7-9-20-8-3-5-13(11)20/h1-2,4,6,11,13,19H,3,5,7-10H2. The minimum atomic E-state index is -4.32. The highest BCUT2D eigenvalue weighted by molar-refractivity contribution is 5.57. The number of hydrogen-bond donors (Lipinski definition) is 1. The van der Waals surface area contributed by atoms with E-state index in [9.17, 15) is 13.2 Å². The highest BCUT2D eigenvalue weighted by Gasteiger charge is 2.37. The monoisotopic (exact) mass is 300 g/mol. The predicted octanol–water partition coefficient (Wildman–Crippen LogP) is 3.28. The molecule has 1 aromatic carbocycles. The number of nitrogens with one attached hydrogen (secondary N) is 1. The second kappa shape index (κ2) is 5.75. The Labute approximate surface area is 122 Å². The number of fused-ring (bicyclic) bond motifs is 1. The summed E-state index contributed by atoms with van der Waals surface area (Å²) < 4.78 is 41.8. The lowest BCUT2D eigenvalue weighted by atomic mass is 10.1. The van der Waals surface area contributed by atoms with Gasteiger partial charge in [0.1, 0.15) is 5.75 Å². The van der Waals surface area contributed by atoms with Crippen molar-refractivity contribution in [2.45, 2.75) is 37.5 Å². The van der Waals surface area contributed by atoms with Gasteiger partial charge in [-0.1, -0.05) is 12.1 Å². The van der Waals surface area contributed by atoms with Crippen LogP contribution in [-0.4, -0.2) is 42.9 Å². The lowest BCUT2D eigenvalue weighted by molar-refractivity contribution is -0.153. The van der Waals surface area contributed by atoms with E-state index >= 15 is 0 Å². The van der Waals surface area contributed by atoms with Crippen LogP contribution in [0.2, 0.25) is 0 Å². The molecule has 116 valence electrons. The Morgan fingerprint density at radius 2 is 2.00 bits per heavy atom. The molecule has 2 heterocycles. The van der Waals surface area contributed by atoms with Gasteiger partial charge in [-0.15, -0.1) is 0 Å². The van der Waals surface area contributed by atoms with Crippen LogP contribution in [0.1, 0.15) is 19.3 Å². The number of rotatable bonds is 4. The third-order valence-electron chi connectivity index (χ3n) is 4.23. The molecule has 0 saturated carbocycles. The van der Waals surface area contributed by atoms with Gasteiger partial charge in [-0.2, -0.15) is 13.2 Å². The molecule has 0 spiro atoms. The molecular formula is C15H19F3N2O. The molecule has 0 amide bonds. The van der Waals surface area contributed by atoms with Gasteiger partial charge in [0.25, 0.3) is 0 Å². The molecular weight excluding hydrogens is 281 g/mol. The largest absolute Gasteiger partial charge is 0.482 e. The number of halogens is 3. The van der Waals surface area contributed by atoms with Crippen molar-refractivity contribution in [2.24, 2.45) is 0 Å². The molecule has 21 heavy (non-hydrogen) atoms. The number of ether oxygens (including phenoxy) is 1. The number of para-hydroxylation sites is 2. The first kappa shape index (κ1) is 14.5. The van der Waals surface area contributed by atoms with E-state index in [2.05, 4.69) is 10.2 Å². The molecule has 0 aliphatic carbocycles. The molecule has 6 heteroatoms. The third-order valence-corrected chi connectivity index (χ3v) is 4.23. The Bertz CT molecular complexity index is 492. The second-order valence-corrected chi connectivity index (χ2v) is 5.69. The van der Waals surface area contributed by atoms with Crippen molar-refractivity contribution in [3.05, 3.63) is 24.3 Å². The van der Waals surface area contributed by atoms with Gasteiger partial charge in [0.05, 0.1) is 5.69 Å². The molecule has 2 aliphatic heterocycles. The van der Waals surface area contributed by atoms with Crippen LogP contribution in [0.3, 0.4) is 0 Å². The van der Waals surface area contributed by atoms with E-state index in [-0.39, 0.29) is 5.75 Å². The molecule has 1 aromatic rings. The predicted molar refractivity (Wildman–Crippen MR) is 74.6 cm³/mol. The Balaban J connectivity index is 1.67. The minimum Gasteiger partial charge on any atom is -0.482 e. The van der Waals surface area contributed by atoms with Crippen LogP contribution in [0.25, 0.3) is 0 Å². The maximum absolute atomic E-state index is 12.3. The highest BCUT2D eigenvalue weighted by atomic mass is 19.4. The molecule has 3 nitrogen and oxygen atoms in total. The van der Waals surface area contributed by atoms with E-state index in [1.165, 1.54) is 6.42 Å². The van der Waals surface area contributed by atoms with Crippen LogP contribution >= 0.6 is 0 Å². The number of hydrogen-bond acceptors (Lipinski definition) is 3. The lowest BCUT2D eigenvalue weighted by Crippen LogP contribution is -2.33. The summed E-state index contributed by atoms with van der Waals surface area (Å²) in [5.74, 6) is 0.270. The first-order valence-electron chi connectivity index (χ1n) is 7.32. The summed E-state index contributed by atoms with van der Waals surface area (Å²) in [6, 6.07) is 7.65. The summed E-state index contributed by atoms with van der Waals surface area (Å²) in [4.78, 5) is 2.46. The van der Waals surface area contributed by atoms with Crippen LogP contribution in [-0.2, 0) is 0 Å². The van der Waals surface area contributed by atoms with E-state index in [0.717, 1.165) is 25.9 Å². The molecule has 2 fully saturated rings. The van der Waals surface area contributed by atoms with E-state index in [0.29, 0.717) is 17.8 Å². The zero-order chi connectivity index (χ0) is 14.9. The van der Waals surface area contributed by atoms with Crippen LogP contribution in [0.4, 0.5) is 18.9 Å². The van der Waals surface area contributed by atoms with Crippen LogP contribution in [0.5, 0.6) is 5.75 Å². The molecule has 0 radical (unpaired) electrons. The van der Waals surface area contributed by atoms with Gasteiger partial charge >= 0.3 is 6.18 Å². The maximum atomic E-state index is 12.3. The van der Waals surface area contributed by atoms with Gasteiger partial charge < -0.3 is 10.1 Å².